The lowest BCUT2D eigenvalue weighted by atomic mass is 10.1. The van der Waals surface area contributed by atoms with E-state index < -0.39 is 10.0 Å². The molecule has 0 aliphatic heterocycles. The second kappa shape index (κ2) is 5.93. The standard InChI is InChI=1S/C14H16ClN3O2S/c1-9(10-2-4-11(15)5-3-10)18-13-7-6-12(16)8-14(13)21(17,19)20/h2-9,18H,16H2,1H3,(H2,17,19,20). The Morgan fingerprint density at radius 2 is 1.76 bits per heavy atom. The highest BCUT2D eigenvalue weighted by Crippen LogP contribution is 2.27. The molecule has 0 spiro atoms. The van der Waals surface area contributed by atoms with Gasteiger partial charge in [-0.1, -0.05) is 23.7 Å². The molecule has 0 aromatic heterocycles. The van der Waals surface area contributed by atoms with E-state index in [1.165, 1.54) is 6.07 Å². The Hall–Kier alpha value is -1.76. The Bertz CT molecular complexity index is 745. The minimum Gasteiger partial charge on any atom is -0.399 e. The molecular formula is C14H16ClN3O2S. The fourth-order valence-electron chi connectivity index (χ4n) is 1.96. The summed E-state index contributed by atoms with van der Waals surface area (Å²) in [6, 6.07) is 11.7. The quantitative estimate of drug-likeness (QED) is 0.753. The van der Waals surface area contributed by atoms with Crippen LogP contribution in [0.1, 0.15) is 18.5 Å². The van der Waals surface area contributed by atoms with E-state index in [2.05, 4.69) is 5.32 Å². The predicted octanol–water partition coefficient (Wildman–Crippen LogP) is 2.74. The molecule has 0 heterocycles. The zero-order valence-electron chi connectivity index (χ0n) is 11.4. The Kier molecular flexibility index (Phi) is 4.41. The minimum atomic E-state index is -3.85. The van der Waals surface area contributed by atoms with Gasteiger partial charge in [-0.25, -0.2) is 13.6 Å². The van der Waals surface area contributed by atoms with Crippen LogP contribution in [0.25, 0.3) is 0 Å². The average molecular weight is 326 g/mol. The van der Waals surface area contributed by atoms with Gasteiger partial charge in [0, 0.05) is 16.8 Å². The van der Waals surface area contributed by atoms with Crippen molar-refractivity contribution in [2.24, 2.45) is 5.14 Å². The lowest BCUT2D eigenvalue weighted by Gasteiger charge is -2.18. The maximum Gasteiger partial charge on any atom is 0.240 e. The molecule has 0 amide bonds. The second-order valence-corrected chi connectivity index (χ2v) is 6.68. The summed E-state index contributed by atoms with van der Waals surface area (Å²) in [7, 11) is -3.85. The first-order valence-electron chi connectivity index (χ1n) is 6.21. The van der Waals surface area contributed by atoms with Crippen LogP contribution in [0, 0.1) is 0 Å². The molecule has 0 saturated heterocycles. The van der Waals surface area contributed by atoms with Crippen LogP contribution in [-0.4, -0.2) is 8.42 Å². The van der Waals surface area contributed by atoms with E-state index in [1.807, 2.05) is 19.1 Å². The molecule has 0 saturated carbocycles. The summed E-state index contributed by atoms with van der Waals surface area (Å²) in [6.45, 7) is 1.91. The van der Waals surface area contributed by atoms with Crippen LogP contribution in [0.3, 0.4) is 0 Å². The molecule has 112 valence electrons. The fourth-order valence-corrected chi connectivity index (χ4v) is 2.82. The zero-order chi connectivity index (χ0) is 15.6. The number of hydrogen-bond donors (Lipinski definition) is 3. The zero-order valence-corrected chi connectivity index (χ0v) is 12.9. The van der Waals surface area contributed by atoms with Crippen LogP contribution in [-0.2, 0) is 10.0 Å². The van der Waals surface area contributed by atoms with Crippen LogP contribution < -0.4 is 16.2 Å². The summed E-state index contributed by atoms with van der Waals surface area (Å²) in [5, 5.41) is 8.98. The molecule has 5 nitrogen and oxygen atoms in total. The molecule has 1 unspecified atom stereocenters. The number of anilines is 2. The van der Waals surface area contributed by atoms with Crippen molar-refractivity contribution in [3.63, 3.8) is 0 Å². The molecule has 0 fully saturated rings. The minimum absolute atomic E-state index is 0.0247. The number of halogens is 1. The molecule has 0 radical (unpaired) electrons. The third-order valence-electron chi connectivity index (χ3n) is 3.05. The number of nitrogen functional groups attached to an aromatic ring is 1. The Labute approximate surface area is 129 Å². The van der Waals surface area contributed by atoms with Crippen molar-refractivity contribution in [3.8, 4) is 0 Å². The normalized spacial score (nSPS) is 12.9. The lowest BCUT2D eigenvalue weighted by molar-refractivity contribution is 0.598. The Balaban J connectivity index is 2.33. The van der Waals surface area contributed by atoms with Crippen LogP contribution in [0.2, 0.25) is 5.02 Å². The van der Waals surface area contributed by atoms with Gasteiger partial charge in [-0.05, 0) is 42.8 Å². The average Bonchev–Trinajstić information content (AvgIpc) is 2.40. The first kappa shape index (κ1) is 15.6. The maximum absolute atomic E-state index is 11.6. The second-order valence-electron chi connectivity index (χ2n) is 4.72. The first-order chi connectivity index (χ1) is 9.77. The van der Waals surface area contributed by atoms with Crippen LogP contribution in [0.4, 0.5) is 11.4 Å². The number of primary sulfonamides is 1. The molecule has 2 aromatic rings. The molecule has 0 bridgehead atoms. The summed E-state index contributed by atoms with van der Waals surface area (Å²) in [5.41, 5.74) is 7.34. The van der Waals surface area contributed by atoms with Gasteiger partial charge in [0.25, 0.3) is 0 Å². The largest absolute Gasteiger partial charge is 0.399 e. The highest BCUT2D eigenvalue weighted by molar-refractivity contribution is 7.89. The SMILES string of the molecule is CC(Nc1ccc(N)cc1S(N)(=O)=O)c1ccc(Cl)cc1. The van der Waals surface area contributed by atoms with Crippen molar-refractivity contribution in [1.29, 1.82) is 0 Å². The molecular weight excluding hydrogens is 310 g/mol. The van der Waals surface area contributed by atoms with Gasteiger partial charge in [-0.2, -0.15) is 0 Å². The van der Waals surface area contributed by atoms with E-state index in [9.17, 15) is 8.42 Å². The fraction of sp³-hybridized carbons (Fsp3) is 0.143. The summed E-state index contributed by atoms with van der Waals surface area (Å²) >= 11 is 5.85. The van der Waals surface area contributed by atoms with Gasteiger partial charge in [0.1, 0.15) is 4.90 Å². The van der Waals surface area contributed by atoms with Gasteiger partial charge in [0.15, 0.2) is 0 Å². The van der Waals surface area contributed by atoms with E-state index in [4.69, 9.17) is 22.5 Å². The number of hydrogen-bond acceptors (Lipinski definition) is 4. The molecule has 0 aliphatic rings. The maximum atomic E-state index is 11.6. The van der Waals surface area contributed by atoms with Crippen molar-refractivity contribution in [1.82, 2.24) is 0 Å². The van der Waals surface area contributed by atoms with Crippen molar-refractivity contribution in [2.45, 2.75) is 17.9 Å². The van der Waals surface area contributed by atoms with E-state index in [0.29, 0.717) is 16.4 Å². The van der Waals surface area contributed by atoms with E-state index >= 15 is 0 Å². The predicted molar refractivity (Wildman–Crippen MR) is 85.7 cm³/mol. The van der Waals surface area contributed by atoms with E-state index in [1.54, 1.807) is 24.3 Å². The third-order valence-corrected chi connectivity index (χ3v) is 4.26. The van der Waals surface area contributed by atoms with Gasteiger partial charge < -0.3 is 11.1 Å². The van der Waals surface area contributed by atoms with Crippen LogP contribution >= 0.6 is 11.6 Å². The summed E-state index contributed by atoms with van der Waals surface area (Å²) in [6.07, 6.45) is 0. The summed E-state index contributed by atoms with van der Waals surface area (Å²) in [5.74, 6) is 0. The van der Waals surface area contributed by atoms with Crippen molar-refractivity contribution < 1.29 is 8.42 Å². The molecule has 2 rings (SSSR count). The molecule has 1 atom stereocenters. The molecule has 2 aromatic carbocycles. The van der Waals surface area contributed by atoms with Crippen molar-refractivity contribution >= 4 is 33.0 Å². The van der Waals surface area contributed by atoms with Gasteiger partial charge in [0.2, 0.25) is 10.0 Å². The number of sulfonamides is 1. The summed E-state index contributed by atoms with van der Waals surface area (Å²) < 4.78 is 23.3. The number of nitrogens with one attached hydrogen (secondary N) is 1. The van der Waals surface area contributed by atoms with Crippen LogP contribution in [0.5, 0.6) is 0 Å². The molecule has 5 N–H and O–H groups in total. The van der Waals surface area contributed by atoms with Gasteiger partial charge >= 0.3 is 0 Å². The van der Waals surface area contributed by atoms with Crippen LogP contribution in [0.15, 0.2) is 47.4 Å². The Morgan fingerprint density at radius 3 is 2.33 bits per heavy atom. The first-order valence-corrected chi connectivity index (χ1v) is 8.14. The molecule has 21 heavy (non-hydrogen) atoms. The highest BCUT2D eigenvalue weighted by Gasteiger charge is 2.16. The number of nitrogens with two attached hydrogens (primary N) is 2. The van der Waals surface area contributed by atoms with E-state index in [-0.39, 0.29) is 10.9 Å². The summed E-state index contributed by atoms with van der Waals surface area (Å²) in [4.78, 5) is -0.0247. The lowest BCUT2D eigenvalue weighted by Crippen LogP contribution is -2.16. The number of benzene rings is 2. The van der Waals surface area contributed by atoms with Crippen molar-refractivity contribution in [3.05, 3.63) is 53.1 Å². The molecule has 7 heteroatoms. The molecule has 0 aliphatic carbocycles. The Morgan fingerprint density at radius 1 is 1.14 bits per heavy atom. The number of rotatable bonds is 4. The van der Waals surface area contributed by atoms with Gasteiger partial charge in [-0.3, -0.25) is 0 Å². The monoisotopic (exact) mass is 325 g/mol. The van der Waals surface area contributed by atoms with Gasteiger partial charge in [0.05, 0.1) is 5.69 Å². The smallest absolute Gasteiger partial charge is 0.240 e. The van der Waals surface area contributed by atoms with E-state index in [0.717, 1.165) is 5.56 Å². The topological polar surface area (TPSA) is 98.2 Å². The van der Waals surface area contributed by atoms with Gasteiger partial charge in [-0.15, -0.1) is 0 Å². The third kappa shape index (κ3) is 3.87. The highest BCUT2D eigenvalue weighted by atomic mass is 35.5. The van der Waals surface area contributed by atoms with Crippen molar-refractivity contribution in [2.75, 3.05) is 11.1 Å².